The Morgan fingerprint density at radius 1 is 0.912 bits per heavy atom. The van der Waals surface area contributed by atoms with E-state index in [4.69, 9.17) is 4.18 Å². The van der Waals surface area contributed by atoms with E-state index in [1.54, 1.807) is 30.3 Å². The van der Waals surface area contributed by atoms with E-state index in [0.29, 0.717) is 11.1 Å². The van der Waals surface area contributed by atoms with E-state index in [0.717, 1.165) is 35.0 Å². The molecule has 0 fully saturated rings. The first-order valence-corrected chi connectivity index (χ1v) is 11.3. The van der Waals surface area contributed by atoms with Crippen LogP contribution in [0.25, 0.3) is 10.8 Å². The Kier molecular flexibility index (Phi) is 6.33. The Hall–Kier alpha value is -4.57. The van der Waals surface area contributed by atoms with Crippen molar-refractivity contribution in [2.24, 2.45) is 5.10 Å². The van der Waals surface area contributed by atoms with Crippen molar-refractivity contribution in [2.75, 3.05) is 0 Å². The summed E-state index contributed by atoms with van der Waals surface area (Å²) < 4.78 is 30.4. The number of carbonyl (C=O) groups excluding carboxylic acids is 1. The monoisotopic (exact) mass is 475 g/mol. The number of hydrogen-bond acceptors (Lipinski definition) is 7. The predicted molar refractivity (Wildman–Crippen MR) is 126 cm³/mol. The fourth-order valence-electron chi connectivity index (χ4n) is 3.12. The summed E-state index contributed by atoms with van der Waals surface area (Å²) in [5.74, 6) is -0.455. The Balaban J connectivity index is 1.49. The first kappa shape index (κ1) is 22.6. The first-order valence-electron chi connectivity index (χ1n) is 9.94. The number of nitro groups is 1. The van der Waals surface area contributed by atoms with Gasteiger partial charge in [-0.1, -0.05) is 42.5 Å². The highest BCUT2D eigenvalue weighted by molar-refractivity contribution is 7.87. The van der Waals surface area contributed by atoms with Gasteiger partial charge in [0.25, 0.3) is 11.6 Å². The minimum absolute atomic E-state index is 0.0236. The van der Waals surface area contributed by atoms with Crippen LogP contribution in [0, 0.1) is 10.1 Å². The van der Waals surface area contributed by atoms with Crippen molar-refractivity contribution in [3.8, 4) is 5.75 Å². The molecule has 0 saturated heterocycles. The number of nitro benzene ring substituents is 1. The summed E-state index contributed by atoms with van der Waals surface area (Å²) in [7, 11) is -4.26. The third-order valence-electron chi connectivity index (χ3n) is 4.84. The van der Waals surface area contributed by atoms with Crippen LogP contribution in [0.3, 0.4) is 0 Å². The third kappa shape index (κ3) is 5.08. The van der Waals surface area contributed by atoms with E-state index < -0.39 is 20.9 Å². The number of fused-ring (bicyclic) bond motifs is 1. The second-order valence-corrected chi connectivity index (χ2v) is 8.63. The van der Waals surface area contributed by atoms with Crippen LogP contribution in [0.2, 0.25) is 0 Å². The lowest BCUT2D eigenvalue weighted by Gasteiger charge is -2.09. The van der Waals surface area contributed by atoms with Crippen LogP contribution in [0.5, 0.6) is 5.75 Å². The number of para-hydroxylation sites is 1. The summed E-state index contributed by atoms with van der Waals surface area (Å²) >= 11 is 0. The molecule has 0 atom stereocenters. The third-order valence-corrected chi connectivity index (χ3v) is 6.08. The molecule has 0 spiro atoms. The topological polar surface area (TPSA) is 128 Å². The molecule has 0 aromatic heterocycles. The summed E-state index contributed by atoms with van der Waals surface area (Å²) in [6, 6.07) is 23.4. The van der Waals surface area contributed by atoms with Gasteiger partial charge in [-0.2, -0.15) is 13.5 Å². The lowest BCUT2D eigenvalue weighted by molar-refractivity contribution is -0.384. The summed E-state index contributed by atoms with van der Waals surface area (Å²) in [6.07, 6.45) is 1.26. The minimum atomic E-state index is -4.26. The molecule has 0 bridgehead atoms. The highest BCUT2D eigenvalue weighted by Crippen LogP contribution is 2.23. The molecule has 0 aliphatic rings. The molecular formula is C24H17N3O6S. The van der Waals surface area contributed by atoms with E-state index in [-0.39, 0.29) is 16.3 Å². The van der Waals surface area contributed by atoms with Crippen molar-refractivity contribution >= 4 is 38.7 Å². The maximum absolute atomic E-state index is 12.6. The Morgan fingerprint density at radius 2 is 1.59 bits per heavy atom. The molecule has 0 aliphatic heterocycles. The van der Waals surface area contributed by atoms with Crippen molar-refractivity contribution in [3.05, 3.63) is 112 Å². The first-order chi connectivity index (χ1) is 16.3. The summed E-state index contributed by atoms with van der Waals surface area (Å²) in [5.41, 5.74) is 2.89. The maximum Gasteiger partial charge on any atom is 0.339 e. The van der Waals surface area contributed by atoms with E-state index >= 15 is 0 Å². The lowest BCUT2D eigenvalue weighted by atomic mass is 10.1. The number of nitrogens with one attached hydrogen (secondary N) is 1. The van der Waals surface area contributed by atoms with Gasteiger partial charge in [0.2, 0.25) is 0 Å². The number of rotatable bonds is 7. The van der Waals surface area contributed by atoms with Crippen molar-refractivity contribution in [1.82, 2.24) is 5.43 Å². The molecule has 4 aromatic carbocycles. The highest BCUT2D eigenvalue weighted by Gasteiger charge is 2.19. The predicted octanol–water partition coefficient (Wildman–Crippen LogP) is 4.28. The van der Waals surface area contributed by atoms with Crippen LogP contribution in [0.15, 0.2) is 101 Å². The molecule has 170 valence electrons. The Bertz CT molecular complexity index is 1520. The molecule has 10 heteroatoms. The highest BCUT2D eigenvalue weighted by atomic mass is 32.2. The van der Waals surface area contributed by atoms with Gasteiger partial charge in [-0.3, -0.25) is 14.9 Å². The molecule has 0 radical (unpaired) electrons. The molecule has 0 aliphatic carbocycles. The largest absolute Gasteiger partial charge is 0.378 e. The number of carbonyl (C=O) groups is 1. The van der Waals surface area contributed by atoms with Crippen molar-refractivity contribution in [2.45, 2.75) is 4.90 Å². The molecule has 0 unspecified atom stereocenters. The van der Waals surface area contributed by atoms with Crippen LogP contribution >= 0.6 is 0 Å². The molecule has 0 heterocycles. The molecule has 34 heavy (non-hydrogen) atoms. The fraction of sp³-hybridized carbons (Fsp3) is 0. The number of non-ortho nitro benzene ring substituents is 1. The standard InChI is InChI=1S/C24H17N3O6S/c28-24(19-10-9-17-5-1-2-6-18(17)15-19)26-25-16-20-7-3-4-8-23(20)33-34(31,32)22-13-11-21(12-14-22)27(29)30/h1-16H,(H,26,28)/b25-16-. The number of hydrazone groups is 1. The normalized spacial score (nSPS) is 11.4. The van der Waals surface area contributed by atoms with E-state index in [1.807, 2.05) is 30.3 Å². The van der Waals surface area contributed by atoms with E-state index in [2.05, 4.69) is 10.5 Å². The molecule has 9 nitrogen and oxygen atoms in total. The summed E-state index contributed by atoms with van der Waals surface area (Å²) in [4.78, 5) is 22.4. The molecule has 4 aromatic rings. The molecular weight excluding hydrogens is 458 g/mol. The summed E-state index contributed by atoms with van der Waals surface area (Å²) in [6.45, 7) is 0. The summed E-state index contributed by atoms with van der Waals surface area (Å²) in [5, 5.41) is 16.6. The van der Waals surface area contributed by atoms with Gasteiger partial charge in [-0.15, -0.1) is 0 Å². The SMILES string of the molecule is O=C(N/N=C\c1ccccc1OS(=O)(=O)c1ccc([N+](=O)[O-])cc1)c1ccc2ccccc2c1. The number of nitrogens with zero attached hydrogens (tertiary/aromatic N) is 2. The minimum Gasteiger partial charge on any atom is -0.378 e. The van der Waals surface area contributed by atoms with Gasteiger partial charge < -0.3 is 4.18 Å². The van der Waals surface area contributed by atoms with Crippen LogP contribution in [0.1, 0.15) is 15.9 Å². The Morgan fingerprint density at radius 3 is 2.32 bits per heavy atom. The molecule has 1 N–H and O–H groups in total. The van der Waals surface area contributed by atoms with Gasteiger partial charge >= 0.3 is 10.1 Å². The van der Waals surface area contributed by atoms with Crippen LogP contribution in [0.4, 0.5) is 5.69 Å². The van der Waals surface area contributed by atoms with Crippen LogP contribution in [-0.4, -0.2) is 25.5 Å². The zero-order valence-corrected chi connectivity index (χ0v) is 18.3. The van der Waals surface area contributed by atoms with Gasteiger partial charge in [0.05, 0.1) is 11.1 Å². The van der Waals surface area contributed by atoms with Gasteiger partial charge in [0.1, 0.15) is 4.90 Å². The zero-order valence-electron chi connectivity index (χ0n) is 17.5. The average molecular weight is 475 g/mol. The van der Waals surface area contributed by atoms with Crippen molar-refractivity contribution < 1.29 is 22.3 Å². The molecule has 4 rings (SSSR count). The number of hydrogen-bond donors (Lipinski definition) is 1. The fourth-order valence-corrected chi connectivity index (χ4v) is 4.07. The smallest absolute Gasteiger partial charge is 0.339 e. The Labute approximate surface area is 194 Å². The van der Waals surface area contributed by atoms with Crippen LogP contribution < -0.4 is 9.61 Å². The van der Waals surface area contributed by atoms with Gasteiger partial charge in [-0.05, 0) is 47.2 Å². The second kappa shape index (κ2) is 9.51. The second-order valence-electron chi connectivity index (χ2n) is 7.09. The average Bonchev–Trinajstić information content (AvgIpc) is 2.84. The van der Waals surface area contributed by atoms with Gasteiger partial charge in [-0.25, -0.2) is 5.43 Å². The quantitative estimate of drug-likeness (QED) is 0.184. The van der Waals surface area contributed by atoms with Crippen molar-refractivity contribution in [1.29, 1.82) is 0 Å². The maximum atomic E-state index is 12.6. The lowest BCUT2D eigenvalue weighted by Crippen LogP contribution is -2.17. The van der Waals surface area contributed by atoms with Gasteiger partial charge in [0, 0.05) is 23.3 Å². The number of benzene rings is 4. The van der Waals surface area contributed by atoms with Crippen molar-refractivity contribution in [3.63, 3.8) is 0 Å². The number of amides is 1. The van der Waals surface area contributed by atoms with Crippen LogP contribution in [-0.2, 0) is 10.1 Å². The molecule has 1 amide bonds. The van der Waals surface area contributed by atoms with Gasteiger partial charge in [0.15, 0.2) is 5.75 Å². The van der Waals surface area contributed by atoms with E-state index in [9.17, 15) is 23.3 Å². The molecule has 0 saturated carbocycles. The van der Waals surface area contributed by atoms with E-state index in [1.165, 1.54) is 12.3 Å². The zero-order chi connectivity index (χ0) is 24.1.